The molecule has 0 aromatic heterocycles. The third-order valence-electron chi connectivity index (χ3n) is 2.12. The topological polar surface area (TPSA) is 89.3 Å². The predicted molar refractivity (Wildman–Crippen MR) is 61.2 cm³/mol. The molecule has 0 atom stereocenters. The number of carbonyl (C=O) groups excluding carboxylic acids is 1. The predicted octanol–water partition coefficient (Wildman–Crippen LogP) is 1.21. The van der Waals surface area contributed by atoms with Gasteiger partial charge in [0.15, 0.2) is 11.6 Å². The summed E-state index contributed by atoms with van der Waals surface area (Å²) in [6.45, 7) is 3.09. The van der Waals surface area contributed by atoms with E-state index in [1.807, 2.05) is 5.32 Å². The Balaban J connectivity index is 3.22. The number of anilines is 1. The summed E-state index contributed by atoms with van der Waals surface area (Å²) in [5.41, 5.74) is -0.693. The third kappa shape index (κ3) is 3.23. The lowest BCUT2D eigenvalue weighted by molar-refractivity contribution is -0.118. The first-order chi connectivity index (χ1) is 8.12. The molecular formula is C10H12F2N2O3S. The highest BCUT2D eigenvalue weighted by atomic mass is 32.2. The Morgan fingerprint density at radius 3 is 2.06 bits per heavy atom. The zero-order chi connectivity index (χ0) is 14.1. The van der Waals surface area contributed by atoms with Crippen molar-refractivity contribution in [3.05, 3.63) is 23.8 Å². The molecule has 3 N–H and O–H groups in total. The number of halogens is 2. The fraction of sp³-hybridized carbons (Fsp3) is 0.300. The summed E-state index contributed by atoms with van der Waals surface area (Å²) in [6, 6.07) is 1.10. The van der Waals surface area contributed by atoms with E-state index in [9.17, 15) is 22.0 Å². The van der Waals surface area contributed by atoms with Crippen LogP contribution >= 0.6 is 0 Å². The summed E-state index contributed by atoms with van der Waals surface area (Å²) in [6.07, 6.45) is 0. The molecule has 1 rings (SSSR count). The largest absolute Gasteiger partial charge is 0.321 e. The molecule has 0 fully saturated rings. The maximum Gasteiger partial charge on any atom is 0.238 e. The van der Waals surface area contributed by atoms with Crippen molar-refractivity contribution in [2.24, 2.45) is 11.1 Å². The molecule has 100 valence electrons. The molecule has 1 aromatic rings. The van der Waals surface area contributed by atoms with Gasteiger partial charge < -0.3 is 5.32 Å². The SMILES string of the molecule is CC(C)C(=O)Nc1c(F)cc(S(N)(=O)=O)cc1F. The van der Waals surface area contributed by atoms with Crippen LogP contribution in [0.2, 0.25) is 0 Å². The van der Waals surface area contributed by atoms with Gasteiger partial charge in [0.1, 0.15) is 5.69 Å². The van der Waals surface area contributed by atoms with E-state index in [4.69, 9.17) is 5.14 Å². The van der Waals surface area contributed by atoms with Gasteiger partial charge in [-0.1, -0.05) is 13.8 Å². The summed E-state index contributed by atoms with van der Waals surface area (Å²) in [5.74, 6) is -3.46. The van der Waals surface area contributed by atoms with Crippen LogP contribution in [0.25, 0.3) is 0 Å². The number of sulfonamides is 1. The summed E-state index contributed by atoms with van der Waals surface area (Å²) in [5, 5.41) is 6.78. The van der Waals surface area contributed by atoms with Crippen molar-refractivity contribution < 1.29 is 22.0 Å². The zero-order valence-electron chi connectivity index (χ0n) is 9.70. The monoisotopic (exact) mass is 278 g/mol. The van der Waals surface area contributed by atoms with E-state index in [1.54, 1.807) is 13.8 Å². The van der Waals surface area contributed by atoms with Gasteiger partial charge in [-0.3, -0.25) is 4.79 Å². The van der Waals surface area contributed by atoms with Crippen LogP contribution in [-0.2, 0) is 14.8 Å². The fourth-order valence-electron chi connectivity index (χ4n) is 1.10. The molecular weight excluding hydrogens is 266 g/mol. The standard InChI is InChI=1S/C10H12F2N2O3S/c1-5(2)10(15)14-9-7(11)3-6(4-8(9)12)18(13,16)17/h3-5H,1-2H3,(H,14,15)(H2,13,16,17). The molecule has 0 aliphatic heterocycles. The van der Waals surface area contributed by atoms with Gasteiger partial charge >= 0.3 is 0 Å². The van der Waals surface area contributed by atoms with Gasteiger partial charge in [0, 0.05) is 5.92 Å². The van der Waals surface area contributed by atoms with Crippen molar-refractivity contribution >= 4 is 21.6 Å². The first kappa shape index (κ1) is 14.5. The summed E-state index contributed by atoms with van der Waals surface area (Å²) >= 11 is 0. The number of amides is 1. The van der Waals surface area contributed by atoms with E-state index in [2.05, 4.69) is 0 Å². The quantitative estimate of drug-likeness (QED) is 0.870. The van der Waals surface area contributed by atoms with Crippen LogP contribution in [0.4, 0.5) is 14.5 Å². The normalized spacial score (nSPS) is 11.7. The molecule has 0 spiro atoms. The molecule has 5 nitrogen and oxygen atoms in total. The van der Waals surface area contributed by atoms with Crippen LogP contribution in [0, 0.1) is 17.6 Å². The molecule has 0 aliphatic carbocycles. The van der Waals surface area contributed by atoms with E-state index in [0.29, 0.717) is 12.1 Å². The number of rotatable bonds is 3. The van der Waals surface area contributed by atoms with E-state index in [-0.39, 0.29) is 0 Å². The number of hydrogen-bond acceptors (Lipinski definition) is 3. The fourth-order valence-corrected chi connectivity index (χ4v) is 1.64. The van der Waals surface area contributed by atoms with Crippen LogP contribution < -0.4 is 10.5 Å². The number of benzene rings is 1. The highest BCUT2D eigenvalue weighted by molar-refractivity contribution is 7.89. The Bertz CT molecular complexity index is 562. The first-order valence-electron chi connectivity index (χ1n) is 4.95. The lowest BCUT2D eigenvalue weighted by Gasteiger charge is -2.10. The number of carbonyl (C=O) groups is 1. The first-order valence-corrected chi connectivity index (χ1v) is 6.50. The summed E-state index contributed by atoms with van der Waals surface area (Å²) < 4.78 is 48.9. The molecule has 0 saturated heterocycles. The van der Waals surface area contributed by atoms with Gasteiger partial charge in [0.25, 0.3) is 0 Å². The number of primary sulfonamides is 1. The molecule has 0 saturated carbocycles. The van der Waals surface area contributed by atoms with Crippen LogP contribution in [0.15, 0.2) is 17.0 Å². The Morgan fingerprint density at radius 1 is 1.28 bits per heavy atom. The minimum Gasteiger partial charge on any atom is -0.321 e. The second-order valence-corrected chi connectivity index (χ2v) is 5.51. The second-order valence-electron chi connectivity index (χ2n) is 3.95. The van der Waals surface area contributed by atoms with Crippen LogP contribution in [0.5, 0.6) is 0 Å². The van der Waals surface area contributed by atoms with E-state index in [1.165, 1.54) is 0 Å². The molecule has 0 heterocycles. The third-order valence-corrected chi connectivity index (χ3v) is 3.01. The second kappa shape index (κ2) is 4.99. The van der Waals surface area contributed by atoms with Crippen LogP contribution in [0.1, 0.15) is 13.8 Å². The smallest absolute Gasteiger partial charge is 0.238 e. The number of nitrogens with one attached hydrogen (secondary N) is 1. The van der Waals surface area contributed by atoms with Gasteiger partial charge in [-0.05, 0) is 12.1 Å². The molecule has 1 aromatic carbocycles. The number of hydrogen-bond donors (Lipinski definition) is 2. The van der Waals surface area contributed by atoms with E-state index < -0.39 is 44.1 Å². The van der Waals surface area contributed by atoms with Crippen molar-refractivity contribution in [2.45, 2.75) is 18.7 Å². The number of nitrogens with two attached hydrogens (primary N) is 1. The van der Waals surface area contributed by atoms with Gasteiger partial charge in [0.2, 0.25) is 15.9 Å². The van der Waals surface area contributed by atoms with Crippen molar-refractivity contribution in [1.82, 2.24) is 0 Å². The minimum absolute atomic E-state index is 0.471. The van der Waals surface area contributed by atoms with Crippen molar-refractivity contribution in [3.63, 3.8) is 0 Å². The Kier molecular flexibility index (Phi) is 4.02. The van der Waals surface area contributed by atoms with E-state index in [0.717, 1.165) is 0 Å². The summed E-state index contributed by atoms with van der Waals surface area (Å²) in [4.78, 5) is 10.6. The van der Waals surface area contributed by atoms with Gasteiger partial charge in [-0.25, -0.2) is 22.3 Å². The van der Waals surface area contributed by atoms with Crippen molar-refractivity contribution in [1.29, 1.82) is 0 Å². The van der Waals surface area contributed by atoms with Crippen LogP contribution in [0.3, 0.4) is 0 Å². The van der Waals surface area contributed by atoms with Gasteiger partial charge in [-0.15, -0.1) is 0 Å². The lowest BCUT2D eigenvalue weighted by atomic mass is 10.2. The Labute approximate surface area is 103 Å². The maximum absolute atomic E-state index is 13.5. The Hall–Kier alpha value is -1.54. The molecule has 0 bridgehead atoms. The lowest BCUT2D eigenvalue weighted by Crippen LogP contribution is -2.20. The zero-order valence-corrected chi connectivity index (χ0v) is 10.5. The molecule has 18 heavy (non-hydrogen) atoms. The maximum atomic E-state index is 13.5. The highest BCUT2D eigenvalue weighted by Crippen LogP contribution is 2.23. The van der Waals surface area contributed by atoms with Crippen LogP contribution in [-0.4, -0.2) is 14.3 Å². The molecule has 0 aliphatic rings. The summed E-state index contributed by atoms with van der Waals surface area (Å²) in [7, 11) is -4.20. The average Bonchev–Trinajstić information content (AvgIpc) is 2.21. The molecule has 0 radical (unpaired) electrons. The Morgan fingerprint density at radius 2 is 1.72 bits per heavy atom. The molecule has 8 heteroatoms. The van der Waals surface area contributed by atoms with Gasteiger partial charge in [-0.2, -0.15) is 0 Å². The molecule has 1 amide bonds. The van der Waals surface area contributed by atoms with E-state index >= 15 is 0 Å². The van der Waals surface area contributed by atoms with Gasteiger partial charge in [0.05, 0.1) is 4.90 Å². The van der Waals surface area contributed by atoms with Crippen molar-refractivity contribution in [2.75, 3.05) is 5.32 Å². The highest BCUT2D eigenvalue weighted by Gasteiger charge is 2.19. The van der Waals surface area contributed by atoms with Crippen molar-refractivity contribution in [3.8, 4) is 0 Å². The minimum atomic E-state index is -4.20. The molecule has 0 unspecified atom stereocenters. The average molecular weight is 278 g/mol.